The molecule has 0 N–H and O–H groups in total. The predicted molar refractivity (Wildman–Crippen MR) is 57.1 cm³/mol. The van der Waals surface area contributed by atoms with E-state index < -0.39 is 0 Å². The van der Waals surface area contributed by atoms with Crippen LogP contribution in [0.5, 0.6) is 5.75 Å². The minimum absolute atomic E-state index is 0.607. The van der Waals surface area contributed by atoms with Gasteiger partial charge in [-0.2, -0.15) is 0 Å². The lowest BCUT2D eigenvalue weighted by Gasteiger charge is -2.05. The molecule has 4 nitrogen and oxygen atoms in total. The largest absolute Gasteiger partial charge is 0.495 e. The van der Waals surface area contributed by atoms with Crippen LogP contribution in [0, 0.1) is 0 Å². The Morgan fingerprint density at radius 1 is 1.47 bits per heavy atom. The van der Waals surface area contributed by atoms with E-state index in [2.05, 4.69) is 10.3 Å². The number of benzene rings is 1. The fourth-order valence-electron chi connectivity index (χ4n) is 1.31. The van der Waals surface area contributed by atoms with Crippen molar-refractivity contribution in [3.05, 3.63) is 41.2 Å². The molecule has 5 heteroatoms. The quantitative estimate of drug-likeness (QED) is 0.799. The van der Waals surface area contributed by atoms with Crippen molar-refractivity contribution < 1.29 is 4.74 Å². The third-order valence-electron chi connectivity index (χ3n) is 2.03. The Bertz CT molecular complexity index is 442. The molecule has 0 unspecified atom stereocenters. The Kier molecular flexibility index (Phi) is 2.87. The van der Waals surface area contributed by atoms with Crippen LogP contribution in [0.1, 0.15) is 5.56 Å². The van der Waals surface area contributed by atoms with Gasteiger partial charge in [0.05, 0.1) is 24.9 Å². The molecule has 1 aromatic carbocycles. The van der Waals surface area contributed by atoms with Gasteiger partial charge in [-0.05, 0) is 17.7 Å². The second kappa shape index (κ2) is 4.31. The summed E-state index contributed by atoms with van der Waals surface area (Å²) in [5, 5.41) is 8.21. The van der Waals surface area contributed by atoms with E-state index in [9.17, 15) is 0 Å². The first kappa shape index (κ1) is 9.98. The van der Waals surface area contributed by atoms with E-state index >= 15 is 0 Å². The van der Waals surface area contributed by atoms with Crippen LogP contribution in [-0.4, -0.2) is 22.1 Å². The van der Waals surface area contributed by atoms with E-state index in [1.165, 1.54) is 0 Å². The van der Waals surface area contributed by atoms with Crippen molar-refractivity contribution in [3.63, 3.8) is 0 Å². The fraction of sp³-hybridized carbons (Fsp3) is 0.200. The van der Waals surface area contributed by atoms with Crippen molar-refractivity contribution >= 4 is 11.6 Å². The van der Waals surface area contributed by atoms with Crippen molar-refractivity contribution in [2.75, 3.05) is 7.11 Å². The summed E-state index contributed by atoms with van der Waals surface area (Å²) in [6.07, 6.45) is 3.45. The molecular weight excluding hydrogens is 214 g/mol. The molecule has 2 rings (SSSR count). The zero-order chi connectivity index (χ0) is 10.7. The summed E-state index contributed by atoms with van der Waals surface area (Å²) in [7, 11) is 1.60. The number of hydrogen-bond acceptors (Lipinski definition) is 3. The van der Waals surface area contributed by atoms with Gasteiger partial charge in [0.25, 0.3) is 0 Å². The van der Waals surface area contributed by atoms with E-state index in [4.69, 9.17) is 16.3 Å². The molecule has 0 saturated carbocycles. The van der Waals surface area contributed by atoms with Crippen molar-refractivity contribution in [2.24, 2.45) is 0 Å². The van der Waals surface area contributed by atoms with E-state index in [-0.39, 0.29) is 0 Å². The lowest BCUT2D eigenvalue weighted by molar-refractivity contribution is 0.415. The monoisotopic (exact) mass is 223 g/mol. The maximum Gasteiger partial charge on any atom is 0.137 e. The lowest BCUT2D eigenvalue weighted by Crippen LogP contribution is -2.00. The molecule has 2 aromatic rings. The number of nitrogens with zero attached hydrogens (tertiary/aromatic N) is 3. The van der Waals surface area contributed by atoms with Gasteiger partial charge >= 0.3 is 0 Å². The molecule has 0 spiro atoms. The van der Waals surface area contributed by atoms with Crippen LogP contribution in [0.15, 0.2) is 30.6 Å². The fourth-order valence-corrected chi connectivity index (χ4v) is 1.59. The van der Waals surface area contributed by atoms with Gasteiger partial charge in [0.1, 0.15) is 5.75 Å². The first-order chi connectivity index (χ1) is 7.29. The zero-order valence-electron chi connectivity index (χ0n) is 8.22. The summed E-state index contributed by atoms with van der Waals surface area (Å²) < 4.78 is 6.80. The second-order valence-electron chi connectivity index (χ2n) is 3.07. The molecule has 0 fully saturated rings. The van der Waals surface area contributed by atoms with Crippen molar-refractivity contribution in [1.29, 1.82) is 0 Å². The smallest absolute Gasteiger partial charge is 0.137 e. The summed E-state index contributed by atoms with van der Waals surface area (Å²) in [5.74, 6) is 0.680. The minimum atomic E-state index is 0.607. The summed E-state index contributed by atoms with van der Waals surface area (Å²) in [6, 6.07) is 5.66. The molecule has 0 aliphatic heterocycles. The zero-order valence-corrected chi connectivity index (χ0v) is 8.98. The first-order valence-corrected chi connectivity index (χ1v) is 4.84. The maximum absolute atomic E-state index is 6.00. The van der Waals surface area contributed by atoms with Crippen LogP contribution < -0.4 is 4.74 Å². The third kappa shape index (κ3) is 2.27. The summed E-state index contributed by atoms with van der Waals surface area (Å²) >= 11 is 6.00. The number of rotatable bonds is 3. The van der Waals surface area contributed by atoms with Crippen LogP contribution in [0.4, 0.5) is 0 Å². The molecule has 0 aliphatic rings. The first-order valence-electron chi connectivity index (χ1n) is 4.46. The number of aromatic nitrogens is 3. The number of methoxy groups -OCH3 is 1. The van der Waals surface area contributed by atoms with Gasteiger partial charge in [0.2, 0.25) is 0 Å². The molecule has 1 aromatic heterocycles. The van der Waals surface area contributed by atoms with Crippen LogP contribution in [-0.2, 0) is 6.54 Å². The van der Waals surface area contributed by atoms with Crippen LogP contribution in [0.25, 0.3) is 0 Å². The predicted octanol–water partition coefficient (Wildman–Crippen LogP) is 1.99. The Balaban J connectivity index is 2.20. The highest BCUT2D eigenvalue weighted by atomic mass is 35.5. The Morgan fingerprint density at radius 3 is 2.93 bits per heavy atom. The van der Waals surface area contributed by atoms with Gasteiger partial charge in [0, 0.05) is 6.20 Å². The van der Waals surface area contributed by atoms with Crippen molar-refractivity contribution in [3.8, 4) is 5.75 Å². The van der Waals surface area contributed by atoms with E-state index in [1.54, 1.807) is 24.2 Å². The second-order valence-corrected chi connectivity index (χ2v) is 3.48. The SMILES string of the molecule is COc1ccc(Cn2ccnn2)cc1Cl. The average Bonchev–Trinajstić information content (AvgIpc) is 2.71. The van der Waals surface area contributed by atoms with Gasteiger partial charge in [-0.3, -0.25) is 0 Å². The van der Waals surface area contributed by atoms with Crippen LogP contribution >= 0.6 is 11.6 Å². The van der Waals surface area contributed by atoms with Gasteiger partial charge in [-0.15, -0.1) is 5.10 Å². The van der Waals surface area contributed by atoms with Crippen LogP contribution in [0.2, 0.25) is 5.02 Å². The summed E-state index contributed by atoms with van der Waals surface area (Å²) in [5.41, 5.74) is 1.06. The molecule has 0 amide bonds. The Morgan fingerprint density at radius 2 is 2.33 bits per heavy atom. The van der Waals surface area contributed by atoms with E-state index in [1.807, 2.05) is 18.2 Å². The Hall–Kier alpha value is -1.55. The van der Waals surface area contributed by atoms with E-state index in [0.717, 1.165) is 5.56 Å². The highest BCUT2D eigenvalue weighted by Gasteiger charge is 2.02. The standard InChI is InChI=1S/C10H10ClN3O/c1-15-10-3-2-8(6-9(10)11)7-14-5-4-12-13-14/h2-6H,7H2,1H3. The number of halogens is 1. The summed E-state index contributed by atoms with van der Waals surface area (Å²) in [6.45, 7) is 0.656. The van der Waals surface area contributed by atoms with Crippen LogP contribution in [0.3, 0.4) is 0 Å². The Labute approximate surface area is 92.4 Å². The van der Waals surface area contributed by atoms with Gasteiger partial charge in [0.15, 0.2) is 0 Å². The summed E-state index contributed by atoms with van der Waals surface area (Å²) in [4.78, 5) is 0. The van der Waals surface area contributed by atoms with Crippen molar-refractivity contribution in [2.45, 2.75) is 6.54 Å². The lowest BCUT2D eigenvalue weighted by atomic mass is 10.2. The molecule has 0 radical (unpaired) electrons. The molecule has 0 saturated heterocycles. The minimum Gasteiger partial charge on any atom is -0.495 e. The van der Waals surface area contributed by atoms with E-state index in [0.29, 0.717) is 17.3 Å². The molecule has 78 valence electrons. The molecule has 1 heterocycles. The molecule has 0 aliphatic carbocycles. The third-order valence-corrected chi connectivity index (χ3v) is 2.33. The highest BCUT2D eigenvalue weighted by molar-refractivity contribution is 6.32. The normalized spacial score (nSPS) is 10.3. The van der Waals surface area contributed by atoms with Gasteiger partial charge in [-0.25, -0.2) is 4.68 Å². The molecular formula is C10H10ClN3O. The van der Waals surface area contributed by atoms with Crippen molar-refractivity contribution in [1.82, 2.24) is 15.0 Å². The van der Waals surface area contributed by atoms with Gasteiger partial charge < -0.3 is 4.74 Å². The number of ether oxygens (including phenoxy) is 1. The molecule has 15 heavy (non-hydrogen) atoms. The average molecular weight is 224 g/mol. The topological polar surface area (TPSA) is 39.9 Å². The van der Waals surface area contributed by atoms with Gasteiger partial charge in [-0.1, -0.05) is 22.9 Å². The molecule has 0 atom stereocenters. The molecule has 0 bridgehead atoms. The highest BCUT2D eigenvalue weighted by Crippen LogP contribution is 2.25. The number of hydrogen-bond donors (Lipinski definition) is 0. The maximum atomic E-state index is 6.00.